The van der Waals surface area contributed by atoms with Crippen molar-refractivity contribution in [3.8, 4) is 5.75 Å². The number of benzene rings is 1. The number of amidine groups is 1. The lowest BCUT2D eigenvalue weighted by atomic mass is 10.1. The van der Waals surface area contributed by atoms with Crippen LogP contribution >= 0.6 is 0 Å². The van der Waals surface area contributed by atoms with E-state index in [4.69, 9.17) is 24.4 Å². The van der Waals surface area contributed by atoms with E-state index >= 15 is 0 Å². The van der Waals surface area contributed by atoms with Crippen LogP contribution in [0.1, 0.15) is 25.6 Å². The number of aliphatic imine (C=N–C) groups is 1. The molecule has 9 heteroatoms. The minimum absolute atomic E-state index is 0.0854. The minimum atomic E-state index is -0.741. The van der Waals surface area contributed by atoms with E-state index in [1.54, 1.807) is 13.2 Å². The van der Waals surface area contributed by atoms with Crippen LogP contribution in [0.3, 0.4) is 0 Å². The molecule has 4 heterocycles. The topological polar surface area (TPSA) is 103 Å². The molecule has 2 aliphatic heterocycles. The van der Waals surface area contributed by atoms with Crippen LogP contribution in [0.4, 0.5) is 5.82 Å². The number of rotatable bonds is 6. The van der Waals surface area contributed by atoms with Gasteiger partial charge in [0.05, 0.1) is 11.1 Å². The van der Waals surface area contributed by atoms with E-state index in [0.29, 0.717) is 18.0 Å². The fraction of sp³-hybridized carbons (Fsp3) is 0.375. The number of anilines is 1. The van der Waals surface area contributed by atoms with Gasteiger partial charge in [-0.25, -0.2) is 4.99 Å². The molecule has 9 nitrogen and oxygen atoms in total. The molecule has 172 valence electrons. The van der Waals surface area contributed by atoms with Gasteiger partial charge in [0.1, 0.15) is 36.5 Å². The van der Waals surface area contributed by atoms with E-state index in [1.165, 1.54) is 0 Å². The molecule has 0 aliphatic carbocycles. The van der Waals surface area contributed by atoms with Crippen LogP contribution in [-0.4, -0.2) is 59.9 Å². The van der Waals surface area contributed by atoms with Crippen LogP contribution in [-0.2, 0) is 14.2 Å². The second-order valence-electron chi connectivity index (χ2n) is 8.54. The van der Waals surface area contributed by atoms with E-state index in [-0.39, 0.29) is 24.1 Å². The lowest BCUT2D eigenvalue weighted by molar-refractivity contribution is -0.199. The van der Waals surface area contributed by atoms with Crippen molar-refractivity contribution in [2.24, 2.45) is 4.99 Å². The zero-order valence-corrected chi connectivity index (χ0v) is 18.8. The highest BCUT2D eigenvalue weighted by Crippen LogP contribution is 2.44. The first-order chi connectivity index (χ1) is 15.9. The molecule has 0 unspecified atom stereocenters. The molecule has 0 amide bonds. The molecule has 4 atom stereocenters. The Morgan fingerprint density at radius 1 is 1.27 bits per heavy atom. The summed E-state index contributed by atoms with van der Waals surface area (Å²) in [5.41, 5.74) is 1.55. The Hall–Kier alpha value is -3.27. The average Bonchev–Trinajstić information content (AvgIpc) is 3.47. The number of nitrogens with zero attached hydrogens (tertiary/aromatic N) is 3. The van der Waals surface area contributed by atoms with Crippen LogP contribution in [0.15, 0.2) is 53.8 Å². The number of aromatic nitrogens is 2. The molecule has 2 N–H and O–H groups in total. The molecule has 2 saturated heterocycles. The zero-order valence-electron chi connectivity index (χ0n) is 18.8. The van der Waals surface area contributed by atoms with Crippen LogP contribution < -0.4 is 10.1 Å². The second kappa shape index (κ2) is 8.26. The Labute approximate surface area is 191 Å². The molecule has 0 saturated carbocycles. The number of pyridine rings is 1. The van der Waals surface area contributed by atoms with Crippen molar-refractivity contribution in [1.82, 2.24) is 9.55 Å². The molecular weight excluding hydrogens is 422 g/mol. The zero-order chi connectivity index (χ0) is 23.2. The third-order valence-corrected chi connectivity index (χ3v) is 5.95. The van der Waals surface area contributed by atoms with Gasteiger partial charge in [0, 0.05) is 24.8 Å². The number of hydrogen-bond acceptors (Lipinski definition) is 7. The van der Waals surface area contributed by atoms with Gasteiger partial charge in [-0.2, -0.15) is 0 Å². The highest BCUT2D eigenvalue weighted by Gasteiger charge is 2.56. The summed E-state index contributed by atoms with van der Waals surface area (Å²) < 4.78 is 26.9. The normalized spacial score (nSPS) is 25.7. The lowest BCUT2D eigenvalue weighted by Crippen LogP contribution is -2.33. The first-order valence-electron chi connectivity index (χ1n) is 10.8. The van der Waals surface area contributed by atoms with Crippen molar-refractivity contribution in [2.45, 2.75) is 44.2 Å². The third kappa shape index (κ3) is 3.88. The molecular formula is C24H27N5O4. The van der Waals surface area contributed by atoms with Crippen LogP contribution in [0.25, 0.3) is 10.9 Å². The summed E-state index contributed by atoms with van der Waals surface area (Å²) in [4.78, 5) is 8.10. The molecule has 3 aromatic rings. The Kier molecular flexibility index (Phi) is 5.40. The molecule has 2 fully saturated rings. The van der Waals surface area contributed by atoms with Crippen LogP contribution in [0.5, 0.6) is 5.75 Å². The number of fused-ring (bicyclic) bond motifs is 2. The Balaban J connectivity index is 1.39. The first kappa shape index (κ1) is 21.6. The quantitative estimate of drug-likeness (QED) is 0.440. The summed E-state index contributed by atoms with van der Waals surface area (Å²) in [7, 11) is 1.79. The second-order valence-corrected chi connectivity index (χ2v) is 8.54. The minimum Gasteiger partial charge on any atom is -0.491 e. The van der Waals surface area contributed by atoms with Gasteiger partial charge in [-0.1, -0.05) is 6.07 Å². The summed E-state index contributed by atoms with van der Waals surface area (Å²) in [6.45, 7) is 7.56. The maximum atomic E-state index is 8.07. The molecule has 5 rings (SSSR count). The van der Waals surface area contributed by atoms with Crippen molar-refractivity contribution >= 4 is 29.3 Å². The Morgan fingerprint density at radius 3 is 2.88 bits per heavy atom. The molecule has 0 bridgehead atoms. The highest BCUT2D eigenvalue weighted by atomic mass is 16.8. The SMILES string of the molecule is C=NC(=N)c1ccn([C@@H]2O[C@H](COc3ccc4ncccc4c3)[C@H]3OC(C)(C)O[C@H]32)c1NC. The van der Waals surface area contributed by atoms with Gasteiger partial charge >= 0.3 is 0 Å². The highest BCUT2D eigenvalue weighted by molar-refractivity contribution is 6.03. The maximum Gasteiger partial charge on any atom is 0.164 e. The summed E-state index contributed by atoms with van der Waals surface area (Å²) in [5.74, 6) is 0.785. The van der Waals surface area contributed by atoms with Gasteiger partial charge in [0.25, 0.3) is 0 Å². The van der Waals surface area contributed by atoms with Crippen molar-refractivity contribution in [3.05, 3.63) is 54.4 Å². The largest absolute Gasteiger partial charge is 0.491 e. The molecule has 2 aliphatic rings. The van der Waals surface area contributed by atoms with Gasteiger partial charge in [-0.15, -0.1) is 0 Å². The van der Waals surface area contributed by atoms with Gasteiger partial charge in [-0.05, 0) is 50.9 Å². The molecule has 0 spiro atoms. The smallest absolute Gasteiger partial charge is 0.164 e. The fourth-order valence-electron chi connectivity index (χ4n) is 4.54. The Bertz CT molecular complexity index is 1210. The van der Waals surface area contributed by atoms with Gasteiger partial charge in [-0.3, -0.25) is 10.4 Å². The van der Waals surface area contributed by atoms with Crippen LogP contribution in [0.2, 0.25) is 0 Å². The van der Waals surface area contributed by atoms with Crippen molar-refractivity contribution < 1.29 is 18.9 Å². The molecule has 2 aromatic heterocycles. The first-order valence-corrected chi connectivity index (χ1v) is 10.8. The van der Waals surface area contributed by atoms with Gasteiger partial charge in [0.2, 0.25) is 0 Å². The van der Waals surface area contributed by atoms with Gasteiger partial charge in [0.15, 0.2) is 17.9 Å². The summed E-state index contributed by atoms with van der Waals surface area (Å²) >= 11 is 0. The summed E-state index contributed by atoms with van der Waals surface area (Å²) in [6, 6.07) is 11.5. The summed E-state index contributed by atoms with van der Waals surface area (Å²) in [5, 5.41) is 12.2. The third-order valence-electron chi connectivity index (χ3n) is 5.95. The molecule has 33 heavy (non-hydrogen) atoms. The van der Waals surface area contributed by atoms with E-state index < -0.39 is 12.0 Å². The fourth-order valence-corrected chi connectivity index (χ4v) is 4.54. The van der Waals surface area contributed by atoms with E-state index in [0.717, 1.165) is 16.7 Å². The van der Waals surface area contributed by atoms with Crippen molar-refractivity contribution in [2.75, 3.05) is 19.0 Å². The van der Waals surface area contributed by atoms with Gasteiger partial charge < -0.3 is 28.8 Å². The Morgan fingerprint density at radius 2 is 2.09 bits per heavy atom. The van der Waals surface area contributed by atoms with Crippen LogP contribution in [0, 0.1) is 5.41 Å². The number of nitrogens with one attached hydrogen (secondary N) is 2. The maximum absolute atomic E-state index is 8.07. The molecule has 1 aromatic carbocycles. The number of ether oxygens (including phenoxy) is 4. The monoisotopic (exact) mass is 449 g/mol. The summed E-state index contributed by atoms with van der Waals surface area (Å²) in [6.07, 6.45) is 2.18. The molecule has 0 radical (unpaired) electrons. The van der Waals surface area contributed by atoms with Crippen molar-refractivity contribution in [3.63, 3.8) is 0 Å². The predicted octanol–water partition coefficient (Wildman–Crippen LogP) is 3.60. The predicted molar refractivity (Wildman–Crippen MR) is 125 cm³/mol. The van der Waals surface area contributed by atoms with E-state index in [1.807, 2.05) is 61.0 Å². The average molecular weight is 450 g/mol. The standard InChI is InChI=1S/C24H27N5O4/c1-24(2)32-19-18(13-30-15-7-8-17-14(12-15)6-5-10-28-17)31-23(20(19)33-24)29-11-9-16(21(25)26-3)22(29)27-4/h5-12,18-20,23,25,27H,3,13H2,1-2,4H3/t18-,19-,20-,23-/m1/s1. The number of hydrogen-bond donors (Lipinski definition) is 2. The lowest BCUT2D eigenvalue weighted by Gasteiger charge is -2.26. The van der Waals surface area contributed by atoms with Crippen molar-refractivity contribution in [1.29, 1.82) is 5.41 Å². The van der Waals surface area contributed by atoms with E-state index in [2.05, 4.69) is 22.0 Å². The van der Waals surface area contributed by atoms with E-state index in [9.17, 15) is 0 Å².